The van der Waals surface area contributed by atoms with Gasteiger partial charge in [-0.05, 0) is 18.9 Å². The van der Waals surface area contributed by atoms with Gasteiger partial charge in [-0.3, -0.25) is 9.59 Å². The smallest absolute Gasteiger partial charge is 0.253 e. The summed E-state index contributed by atoms with van der Waals surface area (Å²) in [5.74, 6) is 0.0324. The zero-order chi connectivity index (χ0) is 19.5. The largest absolute Gasteiger partial charge is 0.360 e. The number of carbonyl (C=O) groups is 2. The lowest BCUT2D eigenvalue weighted by Gasteiger charge is -2.12. The number of carbonyl (C=O) groups excluding carboxylic acids is 2. The van der Waals surface area contributed by atoms with E-state index in [0.717, 1.165) is 36.8 Å². The van der Waals surface area contributed by atoms with Gasteiger partial charge in [0.2, 0.25) is 5.91 Å². The van der Waals surface area contributed by atoms with Crippen LogP contribution in [0.4, 0.5) is 0 Å². The van der Waals surface area contributed by atoms with Gasteiger partial charge >= 0.3 is 0 Å². The molecule has 6 nitrogen and oxygen atoms in total. The molecule has 27 heavy (non-hydrogen) atoms. The topological polar surface area (TPSA) is 91.2 Å². The maximum atomic E-state index is 11.4. The van der Waals surface area contributed by atoms with Crippen molar-refractivity contribution in [2.75, 3.05) is 26.7 Å². The molecule has 0 unspecified atom stereocenters. The number of hydrogen-bond donors (Lipinski definition) is 3. The summed E-state index contributed by atoms with van der Waals surface area (Å²) in [7, 11) is 1.63. The van der Waals surface area contributed by atoms with Crippen molar-refractivity contribution in [2.24, 2.45) is 5.73 Å². The highest BCUT2D eigenvalue weighted by atomic mass is 16.2. The van der Waals surface area contributed by atoms with E-state index in [1.165, 1.54) is 32.1 Å². The molecule has 2 aliphatic rings. The number of nitrogens with one attached hydrogen (secondary N) is 2. The molecule has 1 aliphatic carbocycles. The molecule has 6 heteroatoms. The Balaban J connectivity index is 0.000000161. The van der Waals surface area contributed by atoms with E-state index in [4.69, 9.17) is 5.73 Å². The van der Waals surface area contributed by atoms with Gasteiger partial charge in [0.05, 0.1) is 12.1 Å². The van der Waals surface area contributed by atoms with Crippen molar-refractivity contribution in [1.82, 2.24) is 15.2 Å². The van der Waals surface area contributed by atoms with E-state index < -0.39 is 0 Å². The molecule has 4 rings (SSSR count). The van der Waals surface area contributed by atoms with Gasteiger partial charge in [-0.1, -0.05) is 50.3 Å². The number of rotatable bonds is 2. The van der Waals surface area contributed by atoms with E-state index in [1.807, 2.05) is 29.2 Å². The molecule has 148 valence electrons. The van der Waals surface area contributed by atoms with Crippen LogP contribution in [0.1, 0.15) is 55.3 Å². The van der Waals surface area contributed by atoms with Gasteiger partial charge in [0.15, 0.2) is 0 Å². The van der Waals surface area contributed by atoms with Gasteiger partial charge in [0, 0.05) is 37.2 Å². The first kappa shape index (κ1) is 21.0. The van der Waals surface area contributed by atoms with E-state index >= 15 is 0 Å². The SMILES string of the molecule is C1CCCC1.CNC(=O)c1c[nH]c2ccccc12.NCC(=O)N1CCCC1. The Hall–Kier alpha value is -2.34. The summed E-state index contributed by atoms with van der Waals surface area (Å²) >= 11 is 0. The van der Waals surface area contributed by atoms with E-state index in [-0.39, 0.29) is 18.4 Å². The van der Waals surface area contributed by atoms with Gasteiger partial charge in [-0.25, -0.2) is 0 Å². The summed E-state index contributed by atoms with van der Waals surface area (Å²) in [5, 5.41) is 3.56. The first-order chi connectivity index (χ1) is 13.2. The number of nitrogens with zero attached hydrogens (tertiary/aromatic N) is 1. The van der Waals surface area contributed by atoms with Gasteiger partial charge in [0.25, 0.3) is 5.91 Å². The van der Waals surface area contributed by atoms with Crippen LogP contribution in [0, 0.1) is 0 Å². The monoisotopic (exact) mass is 372 g/mol. The summed E-state index contributed by atoms with van der Waals surface area (Å²) in [6, 6.07) is 7.73. The van der Waals surface area contributed by atoms with Crippen molar-refractivity contribution >= 4 is 22.7 Å². The number of para-hydroxylation sites is 1. The summed E-state index contributed by atoms with van der Waals surface area (Å²) in [6.07, 6.45) is 11.5. The third-order valence-corrected chi connectivity index (χ3v) is 4.94. The first-order valence-corrected chi connectivity index (χ1v) is 9.93. The number of likely N-dealkylation sites (tertiary alicyclic amines) is 1. The van der Waals surface area contributed by atoms with Gasteiger partial charge in [-0.2, -0.15) is 0 Å². The number of nitrogens with two attached hydrogens (primary N) is 1. The number of H-pyrrole nitrogens is 1. The lowest BCUT2D eigenvalue weighted by Crippen LogP contribution is -2.33. The van der Waals surface area contributed by atoms with Crippen LogP contribution >= 0.6 is 0 Å². The fourth-order valence-corrected chi connectivity index (χ4v) is 3.37. The first-order valence-electron chi connectivity index (χ1n) is 9.93. The molecule has 1 aliphatic heterocycles. The van der Waals surface area contributed by atoms with E-state index in [0.29, 0.717) is 5.56 Å². The van der Waals surface area contributed by atoms with Crippen LogP contribution < -0.4 is 11.1 Å². The van der Waals surface area contributed by atoms with Crippen molar-refractivity contribution in [1.29, 1.82) is 0 Å². The molecule has 0 radical (unpaired) electrons. The van der Waals surface area contributed by atoms with Crippen LogP contribution in [0.3, 0.4) is 0 Å². The van der Waals surface area contributed by atoms with E-state index in [1.54, 1.807) is 13.2 Å². The summed E-state index contributed by atoms with van der Waals surface area (Å²) < 4.78 is 0. The van der Waals surface area contributed by atoms with Gasteiger partial charge in [-0.15, -0.1) is 0 Å². The van der Waals surface area contributed by atoms with Crippen LogP contribution in [0.5, 0.6) is 0 Å². The Labute approximate surface area is 161 Å². The molecule has 0 spiro atoms. The van der Waals surface area contributed by atoms with Crippen LogP contribution in [-0.4, -0.2) is 48.4 Å². The highest BCUT2D eigenvalue weighted by Gasteiger charge is 2.15. The molecule has 1 saturated heterocycles. The third kappa shape index (κ3) is 6.40. The molecule has 0 bridgehead atoms. The van der Waals surface area contributed by atoms with Gasteiger partial charge < -0.3 is 20.9 Å². The number of hydrogen-bond acceptors (Lipinski definition) is 3. The number of amides is 2. The minimum atomic E-state index is -0.0579. The predicted octanol–water partition coefficient (Wildman–Crippen LogP) is 3.05. The van der Waals surface area contributed by atoms with Crippen molar-refractivity contribution in [2.45, 2.75) is 44.9 Å². The lowest BCUT2D eigenvalue weighted by atomic mass is 10.2. The third-order valence-electron chi connectivity index (χ3n) is 4.94. The number of fused-ring (bicyclic) bond motifs is 1. The van der Waals surface area contributed by atoms with Crippen molar-refractivity contribution in [3.8, 4) is 0 Å². The number of aromatic amines is 1. The Bertz CT molecular complexity index is 708. The summed E-state index contributed by atoms with van der Waals surface area (Å²) in [4.78, 5) is 27.0. The Morgan fingerprint density at radius 3 is 2.19 bits per heavy atom. The predicted molar refractivity (Wildman–Crippen MR) is 110 cm³/mol. The summed E-state index contributed by atoms with van der Waals surface area (Å²) in [6.45, 7) is 1.99. The maximum Gasteiger partial charge on any atom is 0.253 e. The van der Waals surface area contributed by atoms with Gasteiger partial charge in [0.1, 0.15) is 0 Å². The molecule has 2 fully saturated rings. The van der Waals surface area contributed by atoms with Crippen LogP contribution in [0.15, 0.2) is 30.5 Å². The van der Waals surface area contributed by atoms with Crippen LogP contribution in [-0.2, 0) is 4.79 Å². The van der Waals surface area contributed by atoms with E-state index in [9.17, 15) is 9.59 Å². The minimum absolute atomic E-state index is 0.0579. The highest BCUT2D eigenvalue weighted by molar-refractivity contribution is 6.06. The maximum absolute atomic E-state index is 11.4. The molecule has 4 N–H and O–H groups in total. The second kappa shape index (κ2) is 11.4. The van der Waals surface area contributed by atoms with Crippen LogP contribution in [0.25, 0.3) is 10.9 Å². The normalized spacial score (nSPS) is 15.6. The van der Waals surface area contributed by atoms with Crippen molar-refractivity contribution in [3.05, 3.63) is 36.0 Å². The number of aromatic nitrogens is 1. The lowest BCUT2D eigenvalue weighted by molar-refractivity contribution is -0.128. The molecule has 1 aromatic heterocycles. The van der Waals surface area contributed by atoms with Crippen molar-refractivity contribution < 1.29 is 9.59 Å². The summed E-state index contributed by atoms with van der Waals surface area (Å²) in [5.41, 5.74) is 6.84. The zero-order valence-corrected chi connectivity index (χ0v) is 16.3. The Morgan fingerprint density at radius 1 is 1.04 bits per heavy atom. The molecule has 2 heterocycles. The van der Waals surface area contributed by atoms with Crippen molar-refractivity contribution in [3.63, 3.8) is 0 Å². The Morgan fingerprint density at radius 2 is 1.63 bits per heavy atom. The molecule has 2 aromatic rings. The molecule has 2 amide bonds. The quantitative estimate of drug-likeness (QED) is 0.757. The average molecular weight is 373 g/mol. The van der Waals surface area contributed by atoms with Crippen LogP contribution in [0.2, 0.25) is 0 Å². The fourth-order valence-electron chi connectivity index (χ4n) is 3.37. The second-order valence-electron chi connectivity index (χ2n) is 6.89. The average Bonchev–Trinajstić information content (AvgIpc) is 3.49. The fraction of sp³-hybridized carbons (Fsp3) is 0.524. The molecular formula is C21H32N4O2. The number of benzene rings is 1. The second-order valence-corrected chi connectivity index (χ2v) is 6.89. The Kier molecular flexibility index (Phi) is 8.84. The molecule has 1 aromatic carbocycles. The molecule has 1 saturated carbocycles. The molecular weight excluding hydrogens is 340 g/mol. The highest BCUT2D eigenvalue weighted by Crippen LogP contribution is 2.17. The van der Waals surface area contributed by atoms with E-state index in [2.05, 4.69) is 10.3 Å². The zero-order valence-electron chi connectivity index (χ0n) is 16.3. The molecule has 0 atom stereocenters. The minimum Gasteiger partial charge on any atom is -0.360 e. The standard InChI is InChI=1S/C10H10N2O.C6H12N2O.C5H10/c1-11-10(13)8-6-12-9-5-3-2-4-7(8)9;7-5-6(9)8-3-1-2-4-8;1-2-4-5-3-1/h2-6,12H,1H3,(H,11,13);1-5,7H2;1-5H2.